The fourth-order valence-corrected chi connectivity index (χ4v) is 2.03. The van der Waals surface area contributed by atoms with Gasteiger partial charge in [0.15, 0.2) is 0 Å². The largest absolute Gasteiger partial charge is 0.385 e. The van der Waals surface area contributed by atoms with Crippen LogP contribution in [-0.2, 0) is 5.60 Å². The molecule has 0 radical (unpaired) electrons. The summed E-state index contributed by atoms with van der Waals surface area (Å²) in [7, 11) is 0. The monoisotopic (exact) mass is 229 g/mol. The number of hydrogen-bond acceptors (Lipinski definition) is 2. The summed E-state index contributed by atoms with van der Waals surface area (Å²) >= 11 is 5.60. The molecule has 2 N–H and O–H groups in total. The maximum absolute atomic E-state index is 13.2. The highest BCUT2D eigenvalue weighted by molar-refractivity contribution is 6.30. The van der Waals surface area contributed by atoms with Crippen molar-refractivity contribution in [3.63, 3.8) is 0 Å². The highest BCUT2D eigenvalue weighted by Crippen LogP contribution is 2.31. The van der Waals surface area contributed by atoms with E-state index in [4.69, 9.17) is 11.6 Å². The molecule has 1 saturated heterocycles. The van der Waals surface area contributed by atoms with E-state index >= 15 is 0 Å². The van der Waals surface area contributed by atoms with Gasteiger partial charge in [0.05, 0.1) is 10.6 Å². The first-order valence-electron chi connectivity index (χ1n) is 5.00. The van der Waals surface area contributed by atoms with Gasteiger partial charge in [0.2, 0.25) is 0 Å². The smallest absolute Gasteiger partial charge is 0.142 e. The molecule has 15 heavy (non-hydrogen) atoms. The third-order valence-electron chi connectivity index (χ3n) is 2.89. The van der Waals surface area contributed by atoms with E-state index in [9.17, 15) is 9.50 Å². The standard InChI is InChI=1S/C11H13ClFNO/c12-9-2-1-8(7-10(9)13)11(15)3-5-14-6-4-11/h1-2,7,14-15H,3-6H2. The van der Waals surface area contributed by atoms with Crippen molar-refractivity contribution in [1.82, 2.24) is 5.32 Å². The summed E-state index contributed by atoms with van der Waals surface area (Å²) in [6, 6.07) is 4.51. The Hall–Kier alpha value is -0.640. The van der Waals surface area contributed by atoms with Crippen molar-refractivity contribution in [2.24, 2.45) is 0 Å². The predicted octanol–water partition coefficient (Wildman–Crippen LogP) is 2.05. The van der Waals surface area contributed by atoms with E-state index in [-0.39, 0.29) is 5.02 Å². The van der Waals surface area contributed by atoms with Crippen molar-refractivity contribution in [3.05, 3.63) is 34.6 Å². The molecule has 0 amide bonds. The van der Waals surface area contributed by atoms with E-state index in [1.54, 1.807) is 6.07 Å². The first kappa shape index (κ1) is 10.9. The topological polar surface area (TPSA) is 32.3 Å². The highest BCUT2D eigenvalue weighted by atomic mass is 35.5. The van der Waals surface area contributed by atoms with Crippen LogP contribution in [0.5, 0.6) is 0 Å². The second kappa shape index (κ2) is 4.08. The van der Waals surface area contributed by atoms with Crippen molar-refractivity contribution < 1.29 is 9.50 Å². The number of benzene rings is 1. The van der Waals surface area contributed by atoms with Gasteiger partial charge in [-0.3, -0.25) is 0 Å². The fraction of sp³-hybridized carbons (Fsp3) is 0.455. The zero-order valence-electron chi connectivity index (χ0n) is 8.26. The molecule has 82 valence electrons. The molecule has 0 aliphatic carbocycles. The van der Waals surface area contributed by atoms with Crippen LogP contribution in [0.25, 0.3) is 0 Å². The van der Waals surface area contributed by atoms with Crippen LogP contribution < -0.4 is 5.32 Å². The lowest BCUT2D eigenvalue weighted by Crippen LogP contribution is -2.39. The Morgan fingerprint density at radius 2 is 2.00 bits per heavy atom. The van der Waals surface area contributed by atoms with Crippen LogP contribution in [0, 0.1) is 5.82 Å². The van der Waals surface area contributed by atoms with Gasteiger partial charge in [-0.15, -0.1) is 0 Å². The van der Waals surface area contributed by atoms with Crippen LogP contribution >= 0.6 is 11.6 Å². The minimum atomic E-state index is -0.906. The van der Waals surface area contributed by atoms with Crippen LogP contribution in [-0.4, -0.2) is 18.2 Å². The van der Waals surface area contributed by atoms with Crippen LogP contribution in [0.4, 0.5) is 4.39 Å². The summed E-state index contributed by atoms with van der Waals surface area (Å²) in [5.41, 5.74) is -0.289. The molecule has 2 rings (SSSR count). The van der Waals surface area contributed by atoms with Gasteiger partial charge in [-0.25, -0.2) is 4.39 Å². The second-order valence-corrected chi connectivity index (χ2v) is 4.32. The molecular formula is C11H13ClFNO. The summed E-state index contributed by atoms with van der Waals surface area (Å²) in [5.74, 6) is -0.471. The molecule has 1 aromatic rings. The van der Waals surface area contributed by atoms with Gasteiger partial charge in [0, 0.05) is 0 Å². The first-order valence-corrected chi connectivity index (χ1v) is 5.38. The van der Waals surface area contributed by atoms with Gasteiger partial charge in [0.25, 0.3) is 0 Å². The molecular weight excluding hydrogens is 217 g/mol. The molecule has 1 fully saturated rings. The van der Waals surface area contributed by atoms with Gasteiger partial charge >= 0.3 is 0 Å². The summed E-state index contributed by atoms with van der Waals surface area (Å²) in [6.07, 6.45) is 1.21. The van der Waals surface area contributed by atoms with Gasteiger partial charge in [-0.1, -0.05) is 17.7 Å². The van der Waals surface area contributed by atoms with E-state index in [0.717, 1.165) is 13.1 Å². The SMILES string of the molecule is OC1(c2ccc(Cl)c(F)c2)CCNCC1. The minimum Gasteiger partial charge on any atom is -0.385 e. The van der Waals surface area contributed by atoms with E-state index in [0.29, 0.717) is 18.4 Å². The number of piperidine rings is 1. The molecule has 0 saturated carbocycles. The number of nitrogens with one attached hydrogen (secondary N) is 1. The Bertz CT molecular complexity index is 364. The average molecular weight is 230 g/mol. The number of halogens is 2. The molecule has 1 aliphatic rings. The second-order valence-electron chi connectivity index (χ2n) is 3.91. The Morgan fingerprint density at radius 1 is 1.33 bits per heavy atom. The Labute approximate surface area is 93.1 Å². The van der Waals surface area contributed by atoms with E-state index in [1.807, 2.05) is 0 Å². The average Bonchev–Trinajstić information content (AvgIpc) is 2.23. The zero-order chi connectivity index (χ0) is 10.9. The van der Waals surface area contributed by atoms with Crippen molar-refractivity contribution in [2.45, 2.75) is 18.4 Å². The molecule has 0 bridgehead atoms. The van der Waals surface area contributed by atoms with E-state index in [2.05, 4.69) is 5.32 Å². The van der Waals surface area contributed by atoms with Crippen LogP contribution in [0.15, 0.2) is 18.2 Å². The van der Waals surface area contributed by atoms with Crippen LogP contribution in [0.3, 0.4) is 0 Å². The molecule has 1 heterocycles. The molecule has 0 aromatic heterocycles. The van der Waals surface area contributed by atoms with Crippen LogP contribution in [0.1, 0.15) is 18.4 Å². The number of hydrogen-bond donors (Lipinski definition) is 2. The third-order valence-corrected chi connectivity index (χ3v) is 3.19. The summed E-state index contributed by atoms with van der Waals surface area (Å²) in [5, 5.41) is 13.6. The maximum atomic E-state index is 13.2. The van der Waals surface area contributed by atoms with Gasteiger partial charge in [0.1, 0.15) is 5.82 Å². The number of rotatable bonds is 1. The molecule has 1 aliphatic heterocycles. The molecule has 2 nitrogen and oxygen atoms in total. The lowest BCUT2D eigenvalue weighted by atomic mass is 9.85. The Morgan fingerprint density at radius 3 is 2.60 bits per heavy atom. The summed E-state index contributed by atoms with van der Waals surface area (Å²) < 4.78 is 13.2. The quantitative estimate of drug-likeness (QED) is 0.773. The van der Waals surface area contributed by atoms with Crippen molar-refractivity contribution in [1.29, 1.82) is 0 Å². The molecule has 0 spiro atoms. The Kier molecular flexibility index (Phi) is 2.96. The third kappa shape index (κ3) is 2.14. The maximum Gasteiger partial charge on any atom is 0.142 e. The fourth-order valence-electron chi connectivity index (χ4n) is 1.91. The molecule has 4 heteroatoms. The predicted molar refractivity (Wildman–Crippen MR) is 57.4 cm³/mol. The molecule has 0 unspecified atom stereocenters. The summed E-state index contributed by atoms with van der Waals surface area (Å²) in [4.78, 5) is 0. The zero-order valence-corrected chi connectivity index (χ0v) is 9.02. The van der Waals surface area contributed by atoms with Crippen molar-refractivity contribution >= 4 is 11.6 Å². The van der Waals surface area contributed by atoms with Crippen molar-refractivity contribution in [2.75, 3.05) is 13.1 Å². The lowest BCUT2D eigenvalue weighted by Gasteiger charge is -2.33. The van der Waals surface area contributed by atoms with Crippen molar-refractivity contribution in [3.8, 4) is 0 Å². The molecule has 1 aromatic carbocycles. The van der Waals surface area contributed by atoms with Gasteiger partial charge in [-0.05, 0) is 43.6 Å². The first-order chi connectivity index (χ1) is 7.12. The van der Waals surface area contributed by atoms with Gasteiger partial charge < -0.3 is 10.4 Å². The minimum absolute atomic E-state index is 0.0938. The number of aliphatic hydroxyl groups is 1. The summed E-state index contributed by atoms with van der Waals surface area (Å²) in [6.45, 7) is 1.50. The van der Waals surface area contributed by atoms with Gasteiger partial charge in [-0.2, -0.15) is 0 Å². The highest BCUT2D eigenvalue weighted by Gasteiger charge is 2.31. The van der Waals surface area contributed by atoms with E-state index < -0.39 is 11.4 Å². The Balaban J connectivity index is 2.31. The lowest BCUT2D eigenvalue weighted by molar-refractivity contribution is 0.00568. The van der Waals surface area contributed by atoms with E-state index in [1.165, 1.54) is 12.1 Å². The molecule has 0 atom stereocenters. The normalized spacial score (nSPS) is 20.2. The van der Waals surface area contributed by atoms with Crippen LogP contribution in [0.2, 0.25) is 5.02 Å².